The summed E-state index contributed by atoms with van der Waals surface area (Å²) < 4.78 is 10.3. The maximum absolute atomic E-state index is 12.2. The molecule has 0 unspecified atom stereocenters. The number of hydrazine groups is 1. The predicted octanol–water partition coefficient (Wildman–Crippen LogP) is 2.05. The van der Waals surface area contributed by atoms with Crippen molar-refractivity contribution in [2.24, 2.45) is 0 Å². The Morgan fingerprint density at radius 2 is 1.67 bits per heavy atom. The van der Waals surface area contributed by atoms with Gasteiger partial charge < -0.3 is 9.47 Å². The molecule has 0 fully saturated rings. The number of hydrogen-bond donors (Lipinski definition) is 3. The second-order valence-corrected chi connectivity index (χ2v) is 5.62. The van der Waals surface area contributed by atoms with E-state index in [0.29, 0.717) is 17.1 Å². The van der Waals surface area contributed by atoms with Gasteiger partial charge in [0.15, 0.2) is 16.6 Å². The summed E-state index contributed by atoms with van der Waals surface area (Å²) in [6, 6.07) is 14.1. The molecular formula is C19H19N3O4S. The minimum Gasteiger partial charge on any atom is -0.493 e. The SMILES string of the molecule is COc1ccc(C(=O)NNC(=S)NC(=O)C=Cc2ccccc2)cc1OC. The van der Waals surface area contributed by atoms with Crippen LogP contribution in [0.2, 0.25) is 0 Å². The molecular weight excluding hydrogens is 366 g/mol. The second kappa shape index (κ2) is 9.93. The van der Waals surface area contributed by atoms with E-state index in [1.165, 1.54) is 26.4 Å². The fourth-order valence-corrected chi connectivity index (χ4v) is 2.24. The number of hydrogen-bond acceptors (Lipinski definition) is 5. The fourth-order valence-electron chi connectivity index (χ4n) is 2.08. The minimum atomic E-state index is -0.452. The minimum absolute atomic E-state index is 0.0356. The highest BCUT2D eigenvalue weighted by Crippen LogP contribution is 2.27. The third-order valence-electron chi connectivity index (χ3n) is 3.40. The normalized spacial score (nSPS) is 10.1. The quantitative estimate of drug-likeness (QED) is 0.415. The van der Waals surface area contributed by atoms with Crippen molar-refractivity contribution in [1.29, 1.82) is 0 Å². The highest BCUT2D eigenvalue weighted by molar-refractivity contribution is 7.80. The van der Waals surface area contributed by atoms with Gasteiger partial charge in [-0.25, -0.2) is 0 Å². The molecule has 8 heteroatoms. The van der Waals surface area contributed by atoms with Crippen molar-refractivity contribution in [1.82, 2.24) is 16.2 Å². The van der Waals surface area contributed by atoms with E-state index >= 15 is 0 Å². The predicted molar refractivity (Wildman–Crippen MR) is 106 cm³/mol. The van der Waals surface area contributed by atoms with Crippen molar-refractivity contribution < 1.29 is 19.1 Å². The molecule has 0 saturated heterocycles. The Bertz CT molecular complexity index is 853. The zero-order valence-electron chi connectivity index (χ0n) is 14.8. The summed E-state index contributed by atoms with van der Waals surface area (Å²) in [5.41, 5.74) is 6.09. The van der Waals surface area contributed by atoms with E-state index in [4.69, 9.17) is 21.7 Å². The molecule has 2 amide bonds. The zero-order chi connectivity index (χ0) is 19.6. The third kappa shape index (κ3) is 6.12. The molecule has 0 spiro atoms. The van der Waals surface area contributed by atoms with E-state index in [-0.39, 0.29) is 5.11 Å². The van der Waals surface area contributed by atoms with Gasteiger partial charge in [0.1, 0.15) is 0 Å². The maximum Gasteiger partial charge on any atom is 0.269 e. The molecule has 0 aliphatic heterocycles. The van der Waals surface area contributed by atoms with Crippen LogP contribution in [0.25, 0.3) is 6.08 Å². The molecule has 0 aliphatic carbocycles. The molecule has 0 atom stereocenters. The van der Waals surface area contributed by atoms with Gasteiger partial charge in [-0.2, -0.15) is 0 Å². The largest absolute Gasteiger partial charge is 0.493 e. The van der Waals surface area contributed by atoms with Crippen LogP contribution in [-0.4, -0.2) is 31.1 Å². The van der Waals surface area contributed by atoms with E-state index in [0.717, 1.165) is 5.56 Å². The van der Waals surface area contributed by atoms with E-state index in [1.807, 2.05) is 30.3 Å². The molecule has 0 heterocycles. The first-order valence-electron chi connectivity index (χ1n) is 7.90. The van der Waals surface area contributed by atoms with Gasteiger partial charge in [0.2, 0.25) is 5.91 Å². The summed E-state index contributed by atoms with van der Waals surface area (Å²) in [5, 5.41) is 2.40. The summed E-state index contributed by atoms with van der Waals surface area (Å²) in [6.45, 7) is 0. The third-order valence-corrected chi connectivity index (χ3v) is 3.60. The van der Waals surface area contributed by atoms with Gasteiger partial charge >= 0.3 is 0 Å². The smallest absolute Gasteiger partial charge is 0.269 e. The molecule has 0 aromatic heterocycles. The van der Waals surface area contributed by atoms with Gasteiger partial charge in [-0.1, -0.05) is 30.3 Å². The molecule has 140 valence electrons. The first kappa shape index (κ1) is 19.9. The number of ether oxygens (including phenoxy) is 2. The van der Waals surface area contributed by atoms with E-state index in [9.17, 15) is 9.59 Å². The Balaban J connectivity index is 1.85. The number of rotatable bonds is 5. The molecule has 7 nitrogen and oxygen atoms in total. The number of methoxy groups -OCH3 is 2. The van der Waals surface area contributed by atoms with Crippen LogP contribution in [0, 0.1) is 0 Å². The Morgan fingerprint density at radius 1 is 0.963 bits per heavy atom. The molecule has 2 rings (SSSR count). The molecule has 0 radical (unpaired) electrons. The molecule has 0 aliphatic rings. The lowest BCUT2D eigenvalue weighted by atomic mass is 10.2. The van der Waals surface area contributed by atoms with Crippen molar-refractivity contribution in [3.05, 3.63) is 65.7 Å². The molecule has 27 heavy (non-hydrogen) atoms. The van der Waals surface area contributed by atoms with Gasteiger partial charge in [-0.3, -0.25) is 25.8 Å². The first-order chi connectivity index (χ1) is 13.0. The van der Waals surface area contributed by atoms with Gasteiger partial charge in [-0.05, 0) is 42.1 Å². The Kier molecular flexibility index (Phi) is 7.33. The molecule has 2 aromatic carbocycles. The number of carbonyl (C=O) groups excluding carboxylic acids is 2. The van der Waals surface area contributed by atoms with Crippen LogP contribution < -0.4 is 25.6 Å². The van der Waals surface area contributed by atoms with Crippen molar-refractivity contribution in [3.63, 3.8) is 0 Å². The van der Waals surface area contributed by atoms with Gasteiger partial charge in [0, 0.05) is 11.6 Å². The average Bonchev–Trinajstić information content (AvgIpc) is 2.70. The topological polar surface area (TPSA) is 88.7 Å². The monoisotopic (exact) mass is 385 g/mol. The van der Waals surface area contributed by atoms with E-state index in [1.54, 1.807) is 18.2 Å². The number of amides is 2. The lowest BCUT2D eigenvalue weighted by molar-refractivity contribution is -0.115. The highest BCUT2D eigenvalue weighted by atomic mass is 32.1. The number of thiocarbonyl (C=S) groups is 1. The summed E-state index contributed by atoms with van der Waals surface area (Å²) in [4.78, 5) is 24.0. The van der Waals surface area contributed by atoms with Gasteiger partial charge in [-0.15, -0.1) is 0 Å². The lowest BCUT2D eigenvalue weighted by Crippen LogP contribution is -2.48. The van der Waals surface area contributed by atoms with Crippen molar-refractivity contribution >= 4 is 35.2 Å². The first-order valence-corrected chi connectivity index (χ1v) is 8.30. The van der Waals surface area contributed by atoms with Crippen molar-refractivity contribution in [3.8, 4) is 11.5 Å². The Hall–Kier alpha value is -3.39. The van der Waals surface area contributed by atoms with Crippen LogP contribution in [0.4, 0.5) is 0 Å². The summed E-state index contributed by atoms with van der Waals surface area (Å²) in [7, 11) is 2.98. The average molecular weight is 385 g/mol. The lowest BCUT2D eigenvalue weighted by Gasteiger charge is -2.11. The number of benzene rings is 2. The van der Waals surface area contributed by atoms with Crippen LogP contribution in [0.15, 0.2) is 54.6 Å². The molecule has 0 saturated carbocycles. The molecule has 0 bridgehead atoms. The maximum atomic E-state index is 12.2. The molecule has 2 aromatic rings. The summed E-state index contributed by atoms with van der Waals surface area (Å²) >= 11 is 4.98. The van der Waals surface area contributed by atoms with E-state index in [2.05, 4.69) is 16.2 Å². The van der Waals surface area contributed by atoms with Crippen molar-refractivity contribution in [2.45, 2.75) is 0 Å². The standard InChI is InChI=1S/C19H19N3O4S/c1-25-15-10-9-14(12-16(15)26-2)18(24)21-22-19(27)20-17(23)11-8-13-6-4-3-5-7-13/h3-12H,1-2H3,(H,21,24)(H2,20,22,23,27). The second-order valence-electron chi connectivity index (χ2n) is 5.21. The van der Waals surface area contributed by atoms with Crippen molar-refractivity contribution in [2.75, 3.05) is 14.2 Å². The summed E-state index contributed by atoms with van der Waals surface area (Å²) in [6.07, 6.45) is 3.00. The van der Waals surface area contributed by atoms with Gasteiger partial charge in [0.05, 0.1) is 14.2 Å². The van der Waals surface area contributed by atoms with Crippen LogP contribution in [0.1, 0.15) is 15.9 Å². The molecule has 3 N–H and O–H groups in total. The fraction of sp³-hybridized carbons (Fsp3) is 0.105. The van der Waals surface area contributed by atoms with Crippen LogP contribution >= 0.6 is 12.2 Å². The Morgan fingerprint density at radius 3 is 2.33 bits per heavy atom. The number of nitrogens with one attached hydrogen (secondary N) is 3. The Labute approximate surface area is 162 Å². The highest BCUT2D eigenvalue weighted by Gasteiger charge is 2.11. The zero-order valence-corrected chi connectivity index (χ0v) is 15.6. The summed E-state index contributed by atoms with van der Waals surface area (Å²) in [5.74, 6) is 0.0613. The van der Waals surface area contributed by atoms with Crippen LogP contribution in [-0.2, 0) is 4.79 Å². The number of carbonyl (C=O) groups is 2. The van der Waals surface area contributed by atoms with Crippen LogP contribution in [0.3, 0.4) is 0 Å². The van der Waals surface area contributed by atoms with E-state index < -0.39 is 11.8 Å². The van der Waals surface area contributed by atoms with Gasteiger partial charge in [0.25, 0.3) is 5.91 Å². The van der Waals surface area contributed by atoms with Crippen LogP contribution in [0.5, 0.6) is 11.5 Å².